The molecule has 2 heterocycles. The second-order valence-corrected chi connectivity index (χ2v) is 22.2. The Morgan fingerprint density at radius 3 is 2.14 bits per heavy atom. The predicted octanol–water partition coefficient (Wildman–Crippen LogP) is 10.3. The van der Waals surface area contributed by atoms with Crippen LogP contribution in [0, 0.1) is 0 Å². The highest BCUT2D eigenvalue weighted by atomic mass is 32.2. The molecule has 0 aromatic heterocycles. The maximum atomic E-state index is 13.0. The Morgan fingerprint density at radius 2 is 1.45 bits per heavy atom. The first-order chi connectivity index (χ1) is 30.4. The van der Waals surface area contributed by atoms with Gasteiger partial charge in [0, 0.05) is 69.4 Å². The molecule has 0 saturated heterocycles. The lowest BCUT2D eigenvalue weighted by Gasteiger charge is -2.27. The van der Waals surface area contributed by atoms with E-state index in [0.717, 1.165) is 71.1 Å². The van der Waals surface area contributed by atoms with Crippen LogP contribution in [0.1, 0.15) is 121 Å². The summed E-state index contributed by atoms with van der Waals surface area (Å²) in [4.78, 5) is 17.5. The number of allylic oxidation sites excluding steroid dienone is 7. The van der Waals surface area contributed by atoms with E-state index in [1.165, 1.54) is 22.3 Å². The number of carbonyl (C=O) groups excluding carboxylic acids is 1. The zero-order valence-electron chi connectivity index (χ0n) is 37.7. The fraction of sp³-hybridized carbons (Fsp3) is 0.451. The summed E-state index contributed by atoms with van der Waals surface area (Å²) in [5, 5.41) is 3.03. The van der Waals surface area contributed by atoms with Crippen LogP contribution in [0.25, 0.3) is 0 Å². The summed E-state index contributed by atoms with van der Waals surface area (Å²) in [6.07, 6.45) is 16.3. The molecule has 0 radical (unpaired) electrons. The topological polar surface area (TPSA) is 170 Å². The molecule has 0 atom stereocenters. The number of anilines is 1. The van der Waals surface area contributed by atoms with E-state index in [2.05, 4.69) is 103 Å². The Bertz CT molecular complexity index is 2560. The van der Waals surface area contributed by atoms with Crippen LogP contribution < -0.4 is 16.0 Å². The Balaban J connectivity index is 0.00000793. The molecule has 1 aliphatic carbocycles. The number of amides is 1. The maximum absolute atomic E-state index is 13.0. The third-order valence-corrected chi connectivity index (χ3v) is 15.4. The molecular weight excluding hydrogens is 877 g/mol. The van der Waals surface area contributed by atoms with Gasteiger partial charge in [0.1, 0.15) is 6.54 Å². The first kappa shape index (κ1) is 51.7. The molecule has 65 heavy (non-hydrogen) atoms. The molecule has 0 saturated carbocycles. The van der Waals surface area contributed by atoms with Crippen LogP contribution >= 0.6 is 11.8 Å². The van der Waals surface area contributed by atoms with E-state index in [4.69, 9.17) is 5.73 Å². The van der Waals surface area contributed by atoms with Crippen LogP contribution in [0.2, 0.25) is 0 Å². The minimum Gasteiger partial charge on any atom is -0.352 e. The van der Waals surface area contributed by atoms with Crippen LogP contribution in [0.5, 0.6) is 0 Å². The molecule has 2 aliphatic heterocycles. The number of carbonyl (C=O) groups is 1. The molecule has 3 aromatic rings. The molecule has 0 unspecified atom stereocenters. The summed E-state index contributed by atoms with van der Waals surface area (Å²) in [6.45, 7) is 11.3. The van der Waals surface area contributed by atoms with E-state index in [1.54, 1.807) is 11.8 Å². The van der Waals surface area contributed by atoms with Gasteiger partial charge in [-0.15, -0.1) is 0 Å². The molecule has 352 valence electrons. The molecule has 0 fully saturated rings. The molecule has 0 spiro atoms. The second kappa shape index (κ2) is 22.5. The number of benzene rings is 3. The molecule has 11 nitrogen and oxygen atoms in total. The van der Waals surface area contributed by atoms with E-state index in [0.29, 0.717) is 57.4 Å². The molecular formula is C51H69N4O7S3+. The number of nitrogens with zero attached hydrogens (tertiary/aromatic N) is 2. The van der Waals surface area contributed by atoms with Crippen molar-refractivity contribution in [2.75, 3.05) is 42.6 Å². The summed E-state index contributed by atoms with van der Waals surface area (Å²) >= 11 is 1.70. The van der Waals surface area contributed by atoms with Crippen molar-refractivity contribution in [2.24, 2.45) is 5.73 Å². The van der Waals surface area contributed by atoms with Gasteiger partial charge in [-0.25, -0.2) is 0 Å². The third-order valence-electron chi connectivity index (χ3n) is 12.5. The number of rotatable bonds is 21. The Morgan fingerprint density at radius 1 is 0.785 bits per heavy atom. The summed E-state index contributed by atoms with van der Waals surface area (Å²) in [7, 11) is -8.10. The number of nitrogens with two attached hydrogens (primary N) is 1. The fourth-order valence-electron chi connectivity index (χ4n) is 9.13. The lowest BCUT2D eigenvalue weighted by atomic mass is 9.81. The fourth-order valence-corrected chi connectivity index (χ4v) is 11.4. The number of unbranched alkanes of at least 4 members (excludes halogenated alkanes) is 4. The zero-order valence-corrected chi connectivity index (χ0v) is 40.1. The Kier molecular flexibility index (Phi) is 17.8. The van der Waals surface area contributed by atoms with E-state index >= 15 is 0 Å². The smallest absolute Gasteiger partial charge is 0.264 e. The molecule has 1 amide bonds. The van der Waals surface area contributed by atoms with Crippen molar-refractivity contribution in [3.05, 3.63) is 136 Å². The van der Waals surface area contributed by atoms with Gasteiger partial charge in [-0.2, -0.15) is 21.4 Å². The van der Waals surface area contributed by atoms with Crippen molar-refractivity contribution in [1.29, 1.82) is 0 Å². The number of nitrogens with one attached hydrogen (secondary N) is 1. The highest BCUT2D eigenvalue weighted by Gasteiger charge is 2.44. The van der Waals surface area contributed by atoms with Crippen molar-refractivity contribution < 1.29 is 35.3 Å². The quantitative estimate of drug-likeness (QED) is 0.0458. The number of thioether (sulfide) groups is 1. The van der Waals surface area contributed by atoms with Gasteiger partial charge in [0.05, 0.1) is 16.9 Å². The SMILES string of the molecule is C.CC1(C)C(/C=C/C2=C(Sc3ccc(C(=O)NCCCCCN)cc3)C(=C/C=C3/N(CCCCS(=O)(=O)O)c4ccccc4C3(C)C)/CCC2)=[N+](CCCCS(=O)(=O)O)c2ccccc21. The van der Waals surface area contributed by atoms with E-state index < -0.39 is 20.2 Å². The van der Waals surface area contributed by atoms with Crippen molar-refractivity contribution in [2.45, 2.75) is 115 Å². The average molecular weight is 946 g/mol. The highest BCUT2D eigenvalue weighted by molar-refractivity contribution is 8.03. The zero-order chi connectivity index (χ0) is 46.1. The van der Waals surface area contributed by atoms with Crippen LogP contribution in [0.3, 0.4) is 0 Å². The molecule has 14 heteroatoms. The van der Waals surface area contributed by atoms with Crippen LogP contribution in [0.15, 0.2) is 124 Å². The van der Waals surface area contributed by atoms with E-state index in [1.807, 2.05) is 36.4 Å². The number of fused-ring (bicyclic) bond motifs is 2. The first-order valence-electron chi connectivity index (χ1n) is 22.5. The van der Waals surface area contributed by atoms with Crippen molar-refractivity contribution in [3.63, 3.8) is 0 Å². The van der Waals surface area contributed by atoms with Gasteiger partial charge in [0.15, 0.2) is 5.71 Å². The molecule has 6 rings (SSSR count). The van der Waals surface area contributed by atoms with Crippen molar-refractivity contribution >= 4 is 55.0 Å². The van der Waals surface area contributed by atoms with Crippen molar-refractivity contribution in [1.82, 2.24) is 5.32 Å². The van der Waals surface area contributed by atoms with Gasteiger partial charge >= 0.3 is 0 Å². The number of para-hydroxylation sites is 2. The van der Waals surface area contributed by atoms with Crippen LogP contribution in [-0.2, 0) is 31.1 Å². The van der Waals surface area contributed by atoms with Crippen molar-refractivity contribution in [3.8, 4) is 0 Å². The number of hydrogen-bond acceptors (Lipinski definition) is 8. The molecule has 3 aromatic carbocycles. The maximum Gasteiger partial charge on any atom is 0.264 e. The second-order valence-electron chi connectivity index (χ2n) is 18.0. The van der Waals surface area contributed by atoms with Gasteiger partial charge in [-0.05, 0) is 125 Å². The van der Waals surface area contributed by atoms with Gasteiger partial charge < -0.3 is 16.0 Å². The van der Waals surface area contributed by atoms with Gasteiger partial charge in [0.25, 0.3) is 26.1 Å². The first-order valence-corrected chi connectivity index (χ1v) is 26.5. The Hall–Kier alpha value is -4.31. The van der Waals surface area contributed by atoms with Gasteiger partial charge in [-0.1, -0.05) is 88.0 Å². The summed E-state index contributed by atoms with van der Waals surface area (Å²) in [5.74, 6) is -0.642. The average Bonchev–Trinajstić information content (AvgIpc) is 3.60. The minimum atomic E-state index is -4.05. The highest BCUT2D eigenvalue weighted by Crippen LogP contribution is 2.49. The summed E-state index contributed by atoms with van der Waals surface area (Å²) < 4.78 is 67.2. The summed E-state index contributed by atoms with van der Waals surface area (Å²) in [6, 6.07) is 24.5. The monoisotopic (exact) mass is 945 g/mol. The van der Waals surface area contributed by atoms with Crippen LogP contribution in [-0.4, -0.2) is 79.8 Å². The van der Waals surface area contributed by atoms with Crippen LogP contribution in [0.4, 0.5) is 11.4 Å². The normalized spacial score (nSPS) is 18.1. The minimum absolute atomic E-state index is 0. The number of hydrogen-bond donors (Lipinski definition) is 4. The Labute approximate surface area is 392 Å². The molecule has 0 bridgehead atoms. The largest absolute Gasteiger partial charge is 0.352 e. The standard InChI is InChI=1S/C50H64N4O7S3.CH4/c1-49(2)41-19-6-8-21-43(41)53(33-12-14-35-63(56,57)58)45(49)29-25-37-17-16-18-38(47(37)62-40-27-23-39(24-28-40)48(55)52-32-11-5-10-31-51)26-30-46-50(3,4)42-20-7-9-22-44(42)54(46)34-13-15-36-64(59,60)61;/h6-9,19-30H,5,10-18,31-36,51H2,1-4H3,(H2-,52,55,56,57,58,59,60,61);1H4/p+1. The van der Waals surface area contributed by atoms with E-state index in [9.17, 15) is 30.7 Å². The predicted molar refractivity (Wildman–Crippen MR) is 268 cm³/mol. The lowest BCUT2D eigenvalue weighted by molar-refractivity contribution is -0.438. The molecule has 5 N–H and O–H groups in total. The van der Waals surface area contributed by atoms with Gasteiger partial charge in [-0.3, -0.25) is 13.9 Å². The third kappa shape index (κ3) is 13.2. The van der Waals surface area contributed by atoms with Gasteiger partial charge in [0.2, 0.25) is 5.69 Å². The lowest BCUT2D eigenvalue weighted by Crippen LogP contribution is -2.28. The van der Waals surface area contributed by atoms with E-state index in [-0.39, 0.29) is 35.7 Å². The molecule has 3 aliphatic rings. The summed E-state index contributed by atoms with van der Waals surface area (Å²) in [5.41, 5.74) is 14.8.